The van der Waals surface area contributed by atoms with E-state index in [9.17, 15) is 9.50 Å². The van der Waals surface area contributed by atoms with E-state index < -0.39 is 6.10 Å². The molecule has 2 nitrogen and oxygen atoms in total. The molecule has 0 aliphatic rings. The molecule has 2 aromatic rings. The van der Waals surface area contributed by atoms with Gasteiger partial charge in [0.05, 0.1) is 12.6 Å². The Morgan fingerprint density at radius 3 is 2.68 bits per heavy atom. The lowest BCUT2D eigenvalue weighted by Crippen LogP contribution is -2.23. The van der Waals surface area contributed by atoms with Gasteiger partial charge in [-0.05, 0) is 37.4 Å². The lowest BCUT2D eigenvalue weighted by molar-refractivity contribution is 0.194. The van der Waals surface area contributed by atoms with Crippen molar-refractivity contribution < 1.29 is 9.50 Å². The number of aliphatic hydroxyl groups is 1. The molecular weight excluding hydrogens is 261 g/mol. The Balaban J connectivity index is 2.35. The van der Waals surface area contributed by atoms with E-state index in [2.05, 4.69) is 11.0 Å². The van der Waals surface area contributed by atoms with E-state index in [1.54, 1.807) is 24.3 Å². The lowest BCUT2D eigenvalue weighted by atomic mass is 10.1. The number of nitrogens with zero attached hydrogens (tertiary/aromatic N) is 1. The van der Waals surface area contributed by atoms with Gasteiger partial charge in [-0.1, -0.05) is 12.1 Å². The molecule has 19 heavy (non-hydrogen) atoms. The van der Waals surface area contributed by atoms with E-state index in [0.717, 1.165) is 18.8 Å². The van der Waals surface area contributed by atoms with Crippen LogP contribution in [0, 0.1) is 5.82 Å². The molecule has 0 saturated heterocycles. The Morgan fingerprint density at radius 1 is 1.32 bits per heavy atom. The van der Waals surface area contributed by atoms with Crippen LogP contribution in [0.25, 0.3) is 0 Å². The van der Waals surface area contributed by atoms with E-state index >= 15 is 0 Å². The Hall–Kier alpha value is -1.39. The standard InChI is InChI=1S/C15H18FNOS/c1-3-17(10-12-6-5-9-19-12)14-8-4-7-13(16)15(14)11(2)18/h4-9,11,18H,3,10H2,1-2H3/t11-/m0/s1. The van der Waals surface area contributed by atoms with Crippen LogP contribution in [0.4, 0.5) is 10.1 Å². The van der Waals surface area contributed by atoms with Gasteiger partial charge in [0.25, 0.3) is 0 Å². The van der Waals surface area contributed by atoms with Gasteiger partial charge in [0.15, 0.2) is 0 Å². The second kappa shape index (κ2) is 6.17. The molecule has 0 aliphatic heterocycles. The van der Waals surface area contributed by atoms with Crippen molar-refractivity contribution >= 4 is 17.0 Å². The molecule has 0 fully saturated rings. The lowest BCUT2D eigenvalue weighted by Gasteiger charge is -2.26. The van der Waals surface area contributed by atoms with Crippen LogP contribution in [-0.4, -0.2) is 11.7 Å². The van der Waals surface area contributed by atoms with Crippen molar-refractivity contribution in [2.75, 3.05) is 11.4 Å². The molecule has 0 radical (unpaired) electrons. The summed E-state index contributed by atoms with van der Waals surface area (Å²) in [5.74, 6) is -0.350. The number of hydrogen-bond donors (Lipinski definition) is 1. The summed E-state index contributed by atoms with van der Waals surface area (Å²) < 4.78 is 13.9. The van der Waals surface area contributed by atoms with Crippen molar-refractivity contribution in [2.24, 2.45) is 0 Å². The first-order valence-electron chi connectivity index (χ1n) is 6.37. The maximum atomic E-state index is 13.9. The average Bonchev–Trinajstić information content (AvgIpc) is 2.88. The van der Waals surface area contributed by atoms with E-state index in [-0.39, 0.29) is 5.82 Å². The topological polar surface area (TPSA) is 23.5 Å². The zero-order chi connectivity index (χ0) is 13.8. The first kappa shape index (κ1) is 14.0. The Kier molecular flexibility index (Phi) is 4.56. The molecule has 1 atom stereocenters. The molecule has 0 unspecified atom stereocenters. The average molecular weight is 279 g/mol. The molecule has 4 heteroatoms. The molecule has 102 valence electrons. The maximum absolute atomic E-state index is 13.9. The number of halogens is 1. The molecule has 1 heterocycles. The number of aliphatic hydroxyl groups excluding tert-OH is 1. The number of thiophene rings is 1. The van der Waals surface area contributed by atoms with E-state index in [1.165, 1.54) is 10.9 Å². The van der Waals surface area contributed by atoms with Crippen LogP contribution in [0.2, 0.25) is 0 Å². The zero-order valence-corrected chi connectivity index (χ0v) is 12.0. The van der Waals surface area contributed by atoms with Crippen LogP contribution >= 0.6 is 11.3 Å². The predicted octanol–water partition coefficient (Wildman–Crippen LogP) is 3.97. The molecule has 1 aromatic heterocycles. The van der Waals surface area contributed by atoms with E-state index in [0.29, 0.717) is 5.56 Å². The number of hydrogen-bond acceptors (Lipinski definition) is 3. The summed E-state index contributed by atoms with van der Waals surface area (Å²) in [5.41, 5.74) is 1.15. The second-order valence-corrected chi connectivity index (χ2v) is 5.47. The minimum absolute atomic E-state index is 0.350. The molecule has 0 aliphatic carbocycles. The third-order valence-corrected chi connectivity index (χ3v) is 3.96. The van der Waals surface area contributed by atoms with Crippen molar-refractivity contribution in [1.29, 1.82) is 0 Å². The van der Waals surface area contributed by atoms with Crippen LogP contribution in [0.5, 0.6) is 0 Å². The largest absolute Gasteiger partial charge is 0.389 e. The van der Waals surface area contributed by atoms with Crippen LogP contribution in [0.1, 0.15) is 30.4 Å². The molecule has 0 amide bonds. The van der Waals surface area contributed by atoms with Crippen molar-refractivity contribution in [3.63, 3.8) is 0 Å². The first-order valence-corrected chi connectivity index (χ1v) is 7.25. The number of anilines is 1. The van der Waals surface area contributed by atoms with Gasteiger partial charge in [0.2, 0.25) is 0 Å². The summed E-state index contributed by atoms with van der Waals surface area (Å²) in [6.45, 7) is 5.13. The van der Waals surface area contributed by atoms with Crippen molar-refractivity contribution in [3.8, 4) is 0 Å². The van der Waals surface area contributed by atoms with Gasteiger partial charge in [-0.3, -0.25) is 0 Å². The summed E-state index contributed by atoms with van der Waals surface area (Å²) in [6.07, 6.45) is -0.811. The normalized spacial score (nSPS) is 12.4. The Morgan fingerprint density at radius 2 is 2.11 bits per heavy atom. The monoisotopic (exact) mass is 279 g/mol. The minimum atomic E-state index is -0.811. The highest BCUT2D eigenvalue weighted by Crippen LogP contribution is 2.30. The molecule has 0 bridgehead atoms. The quantitative estimate of drug-likeness (QED) is 0.895. The molecule has 0 spiro atoms. The first-order chi connectivity index (χ1) is 9.13. The molecule has 0 saturated carbocycles. The second-order valence-electron chi connectivity index (χ2n) is 4.44. The summed E-state index contributed by atoms with van der Waals surface area (Å²) >= 11 is 1.68. The van der Waals surface area contributed by atoms with Gasteiger partial charge < -0.3 is 10.0 Å². The van der Waals surface area contributed by atoms with Gasteiger partial charge in [-0.25, -0.2) is 4.39 Å². The highest BCUT2D eigenvalue weighted by Gasteiger charge is 2.17. The Labute approximate surface area is 117 Å². The summed E-state index contributed by atoms with van der Waals surface area (Å²) in [5, 5.41) is 11.8. The Bertz CT molecular complexity index is 525. The summed E-state index contributed by atoms with van der Waals surface area (Å²) in [7, 11) is 0. The van der Waals surface area contributed by atoms with Gasteiger partial charge in [-0.2, -0.15) is 0 Å². The molecule has 2 rings (SSSR count). The van der Waals surface area contributed by atoms with Crippen LogP contribution in [0.3, 0.4) is 0 Å². The van der Waals surface area contributed by atoms with E-state index in [1.807, 2.05) is 24.4 Å². The fourth-order valence-corrected chi connectivity index (χ4v) is 2.89. The molecular formula is C15H18FNOS. The third-order valence-electron chi connectivity index (χ3n) is 3.10. The number of rotatable bonds is 5. The SMILES string of the molecule is CCN(Cc1cccs1)c1cccc(F)c1[C@H](C)O. The zero-order valence-electron chi connectivity index (χ0n) is 11.1. The number of benzene rings is 1. The summed E-state index contributed by atoms with van der Waals surface area (Å²) in [4.78, 5) is 3.31. The third kappa shape index (κ3) is 3.14. The van der Waals surface area contributed by atoms with Gasteiger partial charge in [-0.15, -0.1) is 11.3 Å². The van der Waals surface area contributed by atoms with Crippen molar-refractivity contribution in [1.82, 2.24) is 0 Å². The fraction of sp³-hybridized carbons (Fsp3) is 0.333. The van der Waals surface area contributed by atoms with Gasteiger partial charge >= 0.3 is 0 Å². The molecule has 1 aromatic carbocycles. The van der Waals surface area contributed by atoms with Crippen molar-refractivity contribution in [2.45, 2.75) is 26.5 Å². The predicted molar refractivity (Wildman–Crippen MR) is 78.1 cm³/mol. The summed E-state index contributed by atoms with van der Waals surface area (Å²) in [6, 6.07) is 9.02. The maximum Gasteiger partial charge on any atom is 0.131 e. The van der Waals surface area contributed by atoms with Crippen LogP contribution in [-0.2, 0) is 6.54 Å². The van der Waals surface area contributed by atoms with Gasteiger partial charge in [0, 0.05) is 22.7 Å². The van der Waals surface area contributed by atoms with Gasteiger partial charge in [0.1, 0.15) is 5.82 Å². The van der Waals surface area contributed by atoms with Crippen LogP contribution < -0.4 is 4.90 Å². The highest BCUT2D eigenvalue weighted by molar-refractivity contribution is 7.09. The molecule has 1 N–H and O–H groups in total. The minimum Gasteiger partial charge on any atom is -0.389 e. The smallest absolute Gasteiger partial charge is 0.131 e. The van der Waals surface area contributed by atoms with E-state index in [4.69, 9.17) is 0 Å². The van der Waals surface area contributed by atoms with Crippen LogP contribution in [0.15, 0.2) is 35.7 Å². The highest BCUT2D eigenvalue weighted by atomic mass is 32.1. The van der Waals surface area contributed by atoms with Crippen molar-refractivity contribution in [3.05, 3.63) is 52.0 Å². The fourth-order valence-electron chi connectivity index (χ4n) is 2.17.